The van der Waals surface area contributed by atoms with E-state index < -0.39 is 0 Å². The van der Waals surface area contributed by atoms with Gasteiger partial charge >= 0.3 is 0 Å². The van der Waals surface area contributed by atoms with Crippen molar-refractivity contribution in [1.82, 2.24) is 20.0 Å². The summed E-state index contributed by atoms with van der Waals surface area (Å²) in [7, 11) is 0. The van der Waals surface area contributed by atoms with Gasteiger partial charge in [-0.2, -0.15) is 4.98 Å². The molecule has 4 heterocycles. The molecule has 2 aliphatic heterocycles. The first kappa shape index (κ1) is 23.6. The number of carbonyl (C=O) groups is 2. The summed E-state index contributed by atoms with van der Waals surface area (Å²) in [5.74, 6) is 2.38. The molecule has 2 saturated heterocycles. The molecule has 2 amide bonds. The molecule has 9 nitrogen and oxygen atoms in total. The Bertz CT molecular complexity index is 1260. The van der Waals surface area contributed by atoms with Crippen LogP contribution in [0.3, 0.4) is 0 Å². The van der Waals surface area contributed by atoms with E-state index in [1.807, 2.05) is 48.2 Å². The van der Waals surface area contributed by atoms with Gasteiger partial charge in [0.25, 0.3) is 0 Å². The number of amides is 2. The maximum absolute atomic E-state index is 13.2. The summed E-state index contributed by atoms with van der Waals surface area (Å²) in [6, 6.07) is 11.8. The molecule has 9 heteroatoms. The summed E-state index contributed by atoms with van der Waals surface area (Å²) in [5.41, 5.74) is 2.85. The summed E-state index contributed by atoms with van der Waals surface area (Å²) in [6.07, 6.45) is 6.75. The molecule has 37 heavy (non-hydrogen) atoms. The molecule has 3 aliphatic rings. The number of aromatic nitrogens is 3. The zero-order valence-corrected chi connectivity index (χ0v) is 21.2. The van der Waals surface area contributed by atoms with E-state index in [2.05, 4.69) is 20.0 Å². The van der Waals surface area contributed by atoms with Gasteiger partial charge in [0.05, 0.1) is 5.92 Å². The first-order chi connectivity index (χ1) is 18.0. The third-order valence-corrected chi connectivity index (χ3v) is 7.89. The molecule has 3 aromatic rings. The number of pyridine rings is 1. The molecular formula is C28H32N6O3. The van der Waals surface area contributed by atoms with Crippen LogP contribution in [0.4, 0.5) is 11.5 Å². The molecule has 1 aliphatic carbocycles. The van der Waals surface area contributed by atoms with Crippen LogP contribution >= 0.6 is 0 Å². The second-order valence-electron chi connectivity index (χ2n) is 10.4. The number of rotatable bonds is 5. The number of nitrogens with zero attached hydrogens (tertiary/aromatic N) is 6. The predicted molar refractivity (Wildman–Crippen MR) is 139 cm³/mol. The van der Waals surface area contributed by atoms with Crippen molar-refractivity contribution in [2.75, 3.05) is 42.5 Å². The largest absolute Gasteiger partial charge is 0.353 e. The van der Waals surface area contributed by atoms with Crippen LogP contribution in [0.25, 0.3) is 11.4 Å². The summed E-state index contributed by atoms with van der Waals surface area (Å²) in [6.45, 7) is 5.11. The smallest absolute Gasteiger partial charge is 0.230 e. The van der Waals surface area contributed by atoms with Crippen molar-refractivity contribution in [3.05, 3.63) is 54.0 Å². The molecule has 0 spiro atoms. The van der Waals surface area contributed by atoms with Gasteiger partial charge in [0.1, 0.15) is 5.82 Å². The van der Waals surface area contributed by atoms with Gasteiger partial charge in [-0.05, 0) is 44.0 Å². The Morgan fingerprint density at radius 2 is 1.76 bits per heavy atom. The van der Waals surface area contributed by atoms with E-state index in [-0.39, 0.29) is 24.2 Å². The Morgan fingerprint density at radius 3 is 2.46 bits per heavy atom. The van der Waals surface area contributed by atoms with E-state index >= 15 is 0 Å². The maximum atomic E-state index is 13.2. The lowest BCUT2D eigenvalue weighted by Crippen LogP contribution is -2.51. The highest BCUT2D eigenvalue weighted by Crippen LogP contribution is 2.34. The number of hydrogen-bond acceptors (Lipinski definition) is 7. The molecule has 1 atom stereocenters. The average molecular weight is 501 g/mol. The van der Waals surface area contributed by atoms with E-state index in [1.165, 1.54) is 12.8 Å². The second kappa shape index (κ2) is 9.95. The molecule has 0 bridgehead atoms. The Balaban J connectivity index is 1.04. The summed E-state index contributed by atoms with van der Waals surface area (Å²) >= 11 is 0. The maximum Gasteiger partial charge on any atom is 0.230 e. The quantitative estimate of drug-likeness (QED) is 0.526. The SMILES string of the molecule is Cc1ccc(N2CC(C(=O)N3CCN(c4ccc(-c5noc(C6CCCC6)n5)cn4)CC3)CC2=O)cc1. The molecule has 2 aromatic heterocycles. The molecular weight excluding hydrogens is 468 g/mol. The van der Waals surface area contributed by atoms with Crippen LogP contribution < -0.4 is 9.80 Å². The Labute approximate surface area is 216 Å². The van der Waals surface area contributed by atoms with Crippen molar-refractivity contribution in [3.8, 4) is 11.4 Å². The van der Waals surface area contributed by atoms with E-state index in [4.69, 9.17) is 4.52 Å². The molecule has 1 unspecified atom stereocenters. The summed E-state index contributed by atoms with van der Waals surface area (Å²) in [5, 5.41) is 4.16. The van der Waals surface area contributed by atoms with E-state index in [0.29, 0.717) is 44.5 Å². The van der Waals surface area contributed by atoms with Crippen LogP contribution in [0.5, 0.6) is 0 Å². The number of piperazine rings is 1. The highest BCUT2D eigenvalue weighted by molar-refractivity contribution is 6.00. The van der Waals surface area contributed by atoms with Crippen LogP contribution in [0, 0.1) is 12.8 Å². The van der Waals surface area contributed by atoms with E-state index in [9.17, 15) is 9.59 Å². The molecule has 1 aromatic carbocycles. The minimum atomic E-state index is -0.290. The van der Waals surface area contributed by atoms with Crippen LogP contribution in [0.2, 0.25) is 0 Å². The summed E-state index contributed by atoms with van der Waals surface area (Å²) in [4.78, 5) is 40.9. The number of benzene rings is 1. The fourth-order valence-electron chi connectivity index (χ4n) is 5.66. The number of carbonyl (C=O) groups excluding carboxylic acids is 2. The van der Waals surface area contributed by atoms with Crippen LogP contribution in [-0.4, -0.2) is 64.6 Å². The van der Waals surface area contributed by atoms with Crippen molar-refractivity contribution in [2.45, 2.75) is 44.9 Å². The van der Waals surface area contributed by atoms with Crippen LogP contribution in [0.1, 0.15) is 49.5 Å². The summed E-state index contributed by atoms with van der Waals surface area (Å²) < 4.78 is 5.51. The molecule has 0 N–H and O–H groups in total. The first-order valence-electron chi connectivity index (χ1n) is 13.3. The van der Waals surface area contributed by atoms with Gasteiger partial charge in [-0.25, -0.2) is 4.98 Å². The van der Waals surface area contributed by atoms with Gasteiger partial charge < -0.3 is 19.2 Å². The number of hydrogen-bond donors (Lipinski definition) is 0. The highest BCUT2D eigenvalue weighted by atomic mass is 16.5. The standard InChI is InChI=1S/C28H32N6O3/c1-19-6-9-23(10-7-19)34-18-22(16-25(34)35)28(36)33-14-12-32(13-15-33)24-11-8-21(17-29-24)26-30-27(37-31-26)20-4-2-3-5-20/h6-11,17,20,22H,2-5,12-16,18H2,1H3. The lowest BCUT2D eigenvalue weighted by Gasteiger charge is -2.36. The monoisotopic (exact) mass is 500 g/mol. The van der Waals surface area contributed by atoms with Gasteiger partial charge in [0.2, 0.25) is 23.5 Å². The topological polar surface area (TPSA) is 95.7 Å². The van der Waals surface area contributed by atoms with Crippen molar-refractivity contribution in [1.29, 1.82) is 0 Å². The number of anilines is 2. The minimum absolute atomic E-state index is 0.0158. The van der Waals surface area contributed by atoms with Crippen LogP contribution in [0.15, 0.2) is 47.1 Å². The zero-order valence-electron chi connectivity index (χ0n) is 21.2. The molecule has 6 rings (SSSR count). The lowest BCUT2D eigenvalue weighted by molar-refractivity contribution is -0.136. The molecule has 192 valence electrons. The lowest BCUT2D eigenvalue weighted by atomic mass is 10.1. The second-order valence-corrected chi connectivity index (χ2v) is 10.4. The molecule has 0 radical (unpaired) electrons. The van der Waals surface area contributed by atoms with Gasteiger partial charge in [-0.1, -0.05) is 35.7 Å². The Morgan fingerprint density at radius 1 is 1.00 bits per heavy atom. The van der Waals surface area contributed by atoms with E-state index in [0.717, 1.165) is 41.4 Å². The highest BCUT2D eigenvalue weighted by Gasteiger charge is 2.38. The Hall–Kier alpha value is -3.75. The van der Waals surface area contributed by atoms with Crippen molar-refractivity contribution >= 4 is 23.3 Å². The minimum Gasteiger partial charge on any atom is -0.353 e. The third kappa shape index (κ3) is 4.82. The van der Waals surface area contributed by atoms with Crippen molar-refractivity contribution in [2.24, 2.45) is 5.92 Å². The normalized spacial score (nSPS) is 20.7. The predicted octanol–water partition coefficient (Wildman–Crippen LogP) is 3.80. The van der Waals surface area contributed by atoms with Crippen LogP contribution in [-0.2, 0) is 9.59 Å². The van der Waals surface area contributed by atoms with Crippen molar-refractivity contribution in [3.63, 3.8) is 0 Å². The zero-order chi connectivity index (χ0) is 25.4. The van der Waals surface area contributed by atoms with Gasteiger partial charge in [0.15, 0.2) is 0 Å². The average Bonchev–Trinajstić information content (AvgIpc) is 3.70. The fraction of sp³-hybridized carbons (Fsp3) is 0.464. The molecule has 3 fully saturated rings. The van der Waals surface area contributed by atoms with Crippen molar-refractivity contribution < 1.29 is 14.1 Å². The van der Waals surface area contributed by atoms with Gasteiger partial charge in [-0.3, -0.25) is 9.59 Å². The third-order valence-electron chi connectivity index (χ3n) is 7.89. The van der Waals surface area contributed by atoms with Gasteiger partial charge in [-0.15, -0.1) is 0 Å². The van der Waals surface area contributed by atoms with E-state index in [1.54, 1.807) is 11.1 Å². The first-order valence-corrected chi connectivity index (χ1v) is 13.3. The van der Waals surface area contributed by atoms with Gasteiger partial charge in [0, 0.05) is 62.5 Å². The molecule has 1 saturated carbocycles. The Kier molecular flexibility index (Phi) is 6.36. The number of aryl methyl sites for hydroxylation is 1. The fourth-order valence-corrected chi connectivity index (χ4v) is 5.66.